The number of halogens is 1. The van der Waals surface area contributed by atoms with E-state index in [2.05, 4.69) is 5.32 Å². The van der Waals surface area contributed by atoms with Crippen LogP contribution in [0.25, 0.3) is 0 Å². The van der Waals surface area contributed by atoms with Crippen molar-refractivity contribution >= 4 is 11.9 Å². The lowest BCUT2D eigenvalue weighted by molar-refractivity contribution is -0.122. The molecule has 1 aliphatic rings. The zero-order chi connectivity index (χ0) is 14.7. The Morgan fingerprint density at radius 2 is 2.15 bits per heavy atom. The molecular formula is C14H17FN2O3. The van der Waals surface area contributed by atoms with E-state index in [1.54, 1.807) is 18.0 Å². The quantitative estimate of drug-likeness (QED) is 0.822. The predicted octanol–water partition coefficient (Wildman–Crippen LogP) is 1.23. The highest BCUT2D eigenvalue weighted by atomic mass is 19.1. The van der Waals surface area contributed by atoms with E-state index in [4.69, 9.17) is 5.11 Å². The van der Waals surface area contributed by atoms with Gasteiger partial charge in [-0.25, -0.2) is 9.18 Å². The summed E-state index contributed by atoms with van der Waals surface area (Å²) in [7, 11) is 1.76. The van der Waals surface area contributed by atoms with Crippen molar-refractivity contribution in [2.45, 2.75) is 25.4 Å². The maximum Gasteiger partial charge on any atom is 0.338 e. The fourth-order valence-corrected chi connectivity index (χ4v) is 1.94. The first-order valence-corrected chi connectivity index (χ1v) is 6.45. The van der Waals surface area contributed by atoms with Crippen molar-refractivity contribution in [2.75, 3.05) is 13.6 Å². The molecule has 2 N–H and O–H groups in total. The molecule has 0 saturated heterocycles. The zero-order valence-electron chi connectivity index (χ0n) is 11.2. The highest BCUT2D eigenvalue weighted by Gasteiger charge is 2.23. The molecule has 20 heavy (non-hydrogen) atoms. The van der Waals surface area contributed by atoms with E-state index in [0.29, 0.717) is 18.2 Å². The third kappa shape index (κ3) is 4.03. The number of amides is 1. The van der Waals surface area contributed by atoms with Crippen molar-refractivity contribution in [1.29, 1.82) is 0 Å². The Morgan fingerprint density at radius 3 is 2.70 bits per heavy atom. The fraction of sp³-hybridized carbons (Fsp3) is 0.429. The first-order valence-electron chi connectivity index (χ1n) is 6.45. The maximum atomic E-state index is 13.5. The molecule has 1 fully saturated rings. The van der Waals surface area contributed by atoms with Gasteiger partial charge in [-0.1, -0.05) is 6.07 Å². The molecule has 2 rings (SSSR count). The van der Waals surface area contributed by atoms with Crippen LogP contribution in [0.5, 0.6) is 0 Å². The number of hydrogen-bond acceptors (Lipinski definition) is 3. The number of carboxylic acids is 1. The molecule has 1 aromatic carbocycles. The minimum Gasteiger partial charge on any atom is -0.478 e. The minimum atomic E-state index is -1.29. The summed E-state index contributed by atoms with van der Waals surface area (Å²) in [6.45, 7) is 0.619. The SMILES string of the molecule is CN(CC(=O)NC1CC1)Cc1ccc(C(=O)O)c(F)c1. The number of benzene rings is 1. The van der Waals surface area contributed by atoms with E-state index in [1.165, 1.54) is 12.1 Å². The second-order valence-electron chi connectivity index (χ2n) is 5.13. The van der Waals surface area contributed by atoms with Crippen LogP contribution in [0.15, 0.2) is 18.2 Å². The lowest BCUT2D eigenvalue weighted by Crippen LogP contribution is -2.35. The van der Waals surface area contributed by atoms with Gasteiger partial charge in [0.25, 0.3) is 0 Å². The summed E-state index contributed by atoms with van der Waals surface area (Å²) in [4.78, 5) is 24.1. The van der Waals surface area contributed by atoms with Crippen molar-refractivity contribution in [3.05, 3.63) is 35.1 Å². The summed E-state index contributed by atoms with van der Waals surface area (Å²) in [5.41, 5.74) is 0.289. The maximum absolute atomic E-state index is 13.5. The van der Waals surface area contributed by atoms with Crippen LogP contribution in [-0.2, 0) is 11.3 Å². The minimum absolute atomic E-state index is 0.0439. The Labute approximate surface area is 116 Å². The second kappa shape index (κ2) is 6.00. The van der Waals surface area contributed by atoms with Crippen molar-refractivity contribution in [1.82, 2.24) is 10.2 Å². The molecule has 0 heterocycles. The van der Waals surface area contributed by atoms with E-state index in [1.807, 2.05) is 0 Å². The van der Waals surface area contributed by atoms with Gasteiger partial charge in [0.15, 0.2) is 0 Å². The number of hydrogen-bond donors (Lipinski definition) is 2. The van der Waals surface area contributed by atoms with E-state index in [9.17, 15) is 14.0 Å². The van der Waals surface area contributed by atoms with Crippen LogP contribution in [0.2, 0.25) is 0 Å². The van der Waals surface area contributed by atoms with Gasteiger partial charge in [0.05, 0.1) is 12.1 Å². The first-order chi connectivity index (χ1) is 9.45. The molecule has 0 radical (unpaired) electrons. The highest BCUT2D eigenvalue weighted by Crippen LogP contribution is 2.18. The van der Waals surface area contributed by atoms with E-state index >= 15 is 0 Å². The molecular weight excluding hydrogens is 263 g/mol. The average molecular weight is 280 g/mol. The number of carboxylic acid groups (broad SMARTS) is 1. The summed E-state index contributed by atoms with van der Waals surface area (Å²) in [6.07, 6.45) is 2.08. The number of likely N-dealkylation sites (N-methyl/N-ethyl adjacent to an activating group) is 1. The number of rotatable bonds is 6. The Balaban J connectivity index is 1.89. The molecule has 6 heteroatoms. The monoisotopic (exact) mass is 280 g/mol. The van der Waals surface area contributed by atoms with Gasteiger partial charge in [0.1, 0.15) is 5.82 Å². The Bertz CT molecular complexity index is 529. The summed E-state index contributed by atoms with van der Waals surface area (Å²) in [6, 6.07) is 4.31. The lowest BCUT2D eigenvalue weighted by atomic mass is 10.1. The predicted molar refractivity (Wildman–Crippen MR) is 70.9 cm³/mol. The van der Waals surface area contributed by atoms with Gasteiger partial charge < -0.3 is 10.4 Å². The molecule has 1 saturated carbocycles. The summed E-state index contributed by atoms with van der Waals surface area (Å²) < 4.78 is 13.5. The zero-order valence-corrected chi connectivity index (χ0v) is 11.2. The van der Waals surface area contributed by atoms with Crippen molar-refractivity contribution in [3.8, 4) is 0 Å². The molecule has 0 spiro atoms. The van der Waals surface area contributed by atoms with Crippen molar-refractivity contribution in [2.24, 2.45) is 0 Å². The van der Waals surface area contributed by atoms with Crippen molar-refractivity contribution in [3.63, 3.8) is 0 Å². The largest absolute Gasteiger partial charge is 0.478 e. The molecule has 1 aliphatic carbocycles. The molecule has 1 amide bonds. The molecule has 0 atom stereocenters. The Kier molecular flexibility index (Phi) is 4.34. The average Bonchev–Trinajstić information content (AvgIpc) is 3.11. The fourth-order valence-electron chi connectivity index (χ4n) is 1.94. The van der Waals surface area contributed by atoms with E-state index in [0.717, 1.165) is 12.8 Å². The number of nitrogens with one attached hydrogen (secondary N) is 1. The van der Waals surface area contributed by atoms with Crippen LogP contribution < -0.4 is 5.32 Å². The number of carbonyl (C=O) groups excluding carboxylic acids is 1. The topological polar surface area (TPSA) is 69.6 Å². The van der Waals surface area contributed by atoms with E-state index in [-0.39, 0.29) is 18.0 Å². The third-order valence-electron chi connectivity index (χ3n) is 3.07. The van der Waals surface area contributed by atoms with Gasteiger partial charge in [0, 0.05) is 12.6 Å². The number of aromatic carboxylic acids is 1. The van der Waals surface area contributed by atoms with Gasteiger partial charge in [-0.3, -0.25) is 9.69 Å². The van der Waals surface area contributed by atoms with Crippen molar-refractivity contribution < 1.29 is 19.1 Å². The molecule has 5 nitrogen and oxygen atoms in total. The van der Waals surface area contributed by atoms with Crippen LogP contribution in [-0.4, -0.2) is 41.5 Å². The van der Waals surface area contributed by atoms with Crippen LogP contribution in [0.4, 0.5) is 4.39 Å². The van der Waals surface area contributed by atoms with Gasteiger partial charge in [-0.15, -0.1) is 0 Å². The Morgan fingerprint density at radius 1 is 1.45 bits per heavy atom. The molecule has 1 aromatic rings. The molecule has 0 aliphatic heterocycles. The number of nitrogens with zero attached hydrogens (tertiary/aromatic N) is 1. The third-order valence-corrected chi connectivity index (χ3v) is 3.07. The van der Waals surface area contributed by atoms with Crippen LogP contribution in [0, 0.1) is 5.82 Å². The van der Waals surface area contributed by atoms with Gasteiger partial charge in [0.2, 0.25) is 5.91 Å². The standard InChI is InChI=1S/C14H17FN2O3/c1-17(8-13(18)16-10-3-4-10)7-9-2-5-11(14(19)20)12(15)6-9/h2,5-6,10H,3-4,7-8H2,1H3,(H,16,18)(H,19,20). The first kappa shape index (κ1) is 14.5. The number of carbonyl (C=O) groups is 2. The van der Waals surface area contributed by atoms with Gasteiger partial charge in [-0.05, 0) is 37.6 Å². The summed E-state index contributed by atoms with van der Waals surface area (Å²) in [5, 5.41) is 11.6. The second-order valence-corrected chi connectivity index (χ2v) is 5.13. The molecule has 108 valence electrons. The smallest absolute Gasteiger partial charge is 0.338 e. The molecule has 0 aromatic heterocycles. The molecule has 0 unspecified atom stereocenters. The lowest BCUT2D eigenvalue weighted by Gasteiger charge is -2.16. The van der Waals surface area contributed by atoms with E-state index < -0.39 is 11.8 Å². The van der Waals surface area contributed by atoms with Gasteiger partial charge >= 0.3 is 5.97 Å². The van der Waals surface area contributed by atoms with Crippen LogP contribution in [0.1, 0.15) is 28.8 Å². The van der Waals surface area contributed by atoms with Crippen LogP contribution >= 0.6 is 0 Å². The summed E-state index contributed by atoms with van der Waals surface area (Å²) >= 11 is 0. The normalized spacial score (nSPS) is 14.3. The highest BCUT2D eigenvalue weighted by molar-refractivity contribution is 5.87. The molecule has 0 bridgehead atoms. The Hall–Kier alpha value is -1.95. The van der Waals surface area contributed by atoms with Crippen LogP contribution in [0.3, 0.4) is 0 Å². The summed E-state index contributed by atoms with van der Waals surface area (Å²) in [5.74, 6) is -2.09. The van der Waals surface area contributed by atoms with Gasteiger partial charge in [-0.2, -0.15) is 0 Å².